The van der Waals surface area contributed by atoms with E-state index >= 15 is 0 Å². The van der Waals surface area contributed by atoms with Gasteiger partial charge in [-0.25, -0.2) is 18.4 Å². The molecule has 0 aromatic carbocycles. The SMILES string of the molecule is CCC(C)(N=[N+]=[N-])c1cnc(OC(C)CCS(=O)(=O)CC)c2cnc(Cl)cc12. The summed E-state index contributed by atoms with van der Waals surface area (Å²) < 4.78 is 29.3. The summed E-state index contributed by atoms with van der Waals surface area (Å²) in [6.45, 7) is 7.17. The highest BCUT2D eigenvalue weighted by Gasteiger charge is 2.27. The van der Waals surface area contributed by atoms with Gasteiger partial charge in [0, 0.05) is 23.1 Å². The number of halogens is 1. The fourth-order valence-corrected chi connectivity index (χ4v) is 3.90. The molecule has 2 unspecified atom stereocenters. The Morgan fingerprint density at radius 1 is 1.32 bits per heavy atom. The smallest absolute Gasteiger partial charge is 0.223 e. The van der Waals surface area contributed by atoms with Gasteiger partial charge in [-0.2, -0.15) is 0 Å². The van der Waals surface area contributed by atoms with Gasteiger partial charge in [0.15, 0.2) is 0 Å². The van der Waals surface area contributed by atoms with Crippen molar-refractivity contribution in [2.75, 3.05) is 11.5 Å². The van der Waals surface area contributed by atoms with E-state index in [9.17, 15) is 8.42 Å². The molecule has 2 aromatic rings. The van der Waals surface area contributed by atoms with Gasteiger partial charge in [-0.1, -0.05) is 30.6 Å². The Balaban J connectivity index is 2.45. The standard InChI is InChI=1S/C18H24ClN5O3S/c1-5-18(4,23-24-20)15-11-22-17(14-10-21-16(19)9-13(14)15)27-12(3)7-8-28(25,26)6-2/h9-12H,5-8H2,1-4H3. The molecule has 0 aliphatic heterocycles. The summed E-state index contributed by atoms with van der Waals surface area (Å²) in [4.78, 5) is 11.5. The lowest BCUT2D eigenvalue weighted by Crippen LogP contribution is -2.21. The van der Waals surface area contributed by atoms with E-state index in [0.29, 0.717) is 29.3 Å². The lowest BCUT2D eigenvalue weighted by molar-refractivity contribution is 0.212. The fourth-order valence-electron chi connectivity index (χ4n) is 2.76. The van der Waals surface area contributed by atoms with E-state index in [1.165, 1.54) is 0 Å². The van der Waals surface area contributed by atoms with Crippen LogP contribution in [0.5, 0.6) is 5.88 Å². The molecule has 0 fully saturated rings. The van der Waals surface area contributed by atoms with Crippen LogP contribution in [-0.2, 0) is 15.4 Å². The number of aromatic nitrogens is 2. The molecule has 0 bridgehead atoms. The van der Waals surface area contributed by atoms with E-state index in [2.05, 4.69) is 20.0 Å². The van der Waals surface area contributed by atoms with Crippen molar-refractivity contribution in [3.05, 3.63) is 39.6 Å². The Labute approximate surface area is 169 Å². The second-order valence-electron chi connectivity index (χ2n) is 6.80. The first-order valence-electron chi connectivity index (χ1n) is 9.03. The Kier molecular flexibility index (Phi) is 7.09. The average molecular weight is 426 g/mol. The molecule has 10 heteroatoms. The van der Waals surface area contributed by atoms with Crippen molar-refractivity contribution in [2.45, 2.75) is 52.2 Å². The number of ether oxygens (including phenoxy) is 1. The first kappa shape index (κ1) is 22.2. The highest BCUT2D eigenvalue weighted by Crippen LogP contribution is 2.37. The van der Waals surface area contributed by atoms with Crippen molar-refractivity contribution < 1.29 is 13.2 Å². The zero-order valence-electron chi connectivity index (χ0n) is 16.4. The van der Waals surface area contributed by atoms with E-state index in [4.69, 9.17) is 21.9 Å². The quantitative estimate of drug-likeness (QED) is 0.247. The number of pyridine rings is 2. The van der Waals surface area contributed by atoms with Gasteiger partial charge < -0.3 is 4.74 Å². The van der Waals surface area contributed by atoms with Crippen LogP contribution < -0.4 is 4.74 Å². The van der Waals surface area contributed by atoms with Crippen LogP contribution in [0.25, 0.3) is 21.2 Å². The molecule has 0 spiro atoms. The summed E-state index contributed by atoms with van der Waals surface area (Å²) in [7, 11) is -3.07. The summed E-state index contributed by atoms with van der Waals surface area (Å²) in [5.74, 6) is 0.492. The topological polar surface area (TPSA) is 118 Å². The Morgan fingerprint density at radius 3 is 2.64 bits per heavy atom. The summed E-state index contributed by atoms with van der Waals surface area (Å²) >= 11 is 6.09. The van der Waals surface area contributed by atoms with Crippen LogP contribution >= 0.6 is 11.6 Å². The first-order valence-corrected chi connectivity index (χ1v) is 11.2. The molecular weight excluding hydrogens is 402 g/mol. The second-order valence-corrected chi connectivity index (χ2v) is 9.66. The minimum Gasteiger partial charge on any atom is -0.474 e. The molecule has 2 atom stereocenters. The van der Waals surface area contributed by atoms with Gasteiger partial charge in [0.2, 0.25) is 5.88 Å². The highest BCUT2D eigenvalue weighted by molar-refractivity contribution is 7.91. The van der Waals surface area contributed by atoms with Crippen LogP contribution in [0, 0.1) is 0 Å². The lowest BCUT2D eigenvalue weighted by Gasteiger charge is -2.25. The van der Waals surface area contributed by atoms with Crippen molar-refractivity contribution in [2.24, 2.45) is 5.11 Å². The molecule has 0 N–H and O–H groups in total. The molecule has 0 aliphatic carbocycles. The third-order valence-corrected chi connectivity index (χ3v) is 6.77. The van der Waals surface area contributed by atoms with Crippen LogP contribution in [0.15, 0.2) is 23.6 Å². The number of hydrogen-bond donors (Lipinski definition) is 0. The number of azide groups is 1. The Hall–Kier alpha value is -2.09. The molecule has 28 heavy (non-hydrogen) atoms. The van der Waals surface area contributed by atoms with Gasteiger partial charge in [0.05, 0.1) is 22.8 Å². The normalized spacial score (nSPS) is 14.9. The Bertz CT molecular complexity index is 1010. The predicted molar refractivity (Wildman–Crippen MR) is 110 cm³/mol. The van der Waals surface area contributed by atoms with Gasteiger partial charge in [-0.3, -0.25) is 0 Å². The van der Waals surface area contributed by atoms with Crippen LogP contribution in [-0.4, -0.2) is 36.0 Å². The molecule has 2 rings (SSSR count). The third-order valence-electron chi connectivity index (χ3n) is 4.82. The zero-order valence-corrected chi connectivity index (χ0v) is 18.0. The number of rotatable bonds is 9. The third kappa shape index (κ3) is 5.04. The summed E-state index contributed by atoms with van der Waals surface area (Å²) in [5.41, 5.74) is 8.89. The second kappa shape index (κ2) is 8.94. The largest absolute Gasteiger partial charge is 0.474 e. The molecule has 2 heterocycles. The maximum absolute atomic E-state index is 11.7. The molecule has 0 saturated heterocycles. The van der Waals surface area contributed by atoms with E-state index in [1.807, 2.05) is 13.8 Å². The molecule has 0 amide bonds. The minimum absolute atomic E-state index is 0.0511. The van der Waals surface area contributed by atoms with Crippen molar-refractivity contribution in [3.8, 4) is 5.88 Å². The molecule has 0 radical (unpaired) electrons. The first-order chi connectivity index (χ1) is 13.2. The summed E-state index contributed by atoms with van der Waals surface area (Å²) in [5, 5.41) is 5.61. The van der Waals surface area contributed by atoms with Gasteiger partial charge in [0.1, 0.15) is 15.0 Å². The predicted octanol–water partition coefficient (Wildman–Crippen LogP) is 4.81. The summed E-state index contributed by atoms with van der Waals surface area (Å²) in [6.07, 6.45) is 3.74. The van der Waals surface area contributed by atoms with Crippen molar-refractivity contribution in [1.29, 1.82) is 0 Å². The minimum atomic E-state index is -3.07. The average Bonchev–Trinajstić information content (AvgIpc) is 2.66. The fraction of sp³-hybridized carbons (Fsp3) is 0.556. The van der Waals surface area contributed by atoms with E-state index < -0.39 is 15.4 Å². The summed E-state index contributed by atoms with van der Waals surface area (Å²) in [6, 6.07) is 1.69. The molecule has 8 nitrogen and oxygen atoms in total. The molecule has 2 aromatic heterocycles. The van der Waals surface area contributed by atoms with Crippen LogP contribution in [0.2, 0.25) is 5.15 Å². The van der Waals surface area contributed by atoms with Crippen molar-refractivity contribution >= 4 is 32.2 Å². The van der Waals surface area contributed by atoms with Gasteiger partial charge in [-0.15, -0.1) is 0 Å². The number of nitrogens with zero attached hydrogens (tertiary/aromatic N) is 5. The molecule has 0 saturated carbocycles. The monoisotopic (exact) mass is 425 g/mol. The zero-order chi connectivity index (χ0) is 20.9. The maximum Gasteiger partial charge on any atom is 0.223 e. The number of sulfone groups is 1. The highest BCUT2D eigenvalue weighted by atomic mass is 35.5. The number of hydrogen-bond acceptors (Lipinski definition) is 6. The molecular formula is C18H24ClN5O3S. The van der Waals surface area contributed by atoms with Crippen molar-refractivity contribution in [1.82, 2.24) is 9.97 Å². The van der Waals surface area contributed by atoms with Crippen molar-refractivity contribution in [3.63, 3.8) is 0 Å². The van der Waals surface area contributed by atoms with Crippen LogP contribution in [0.4, 0.5) is 0 Å². The van der Waals surface area contributed by atoms with Crippen LogP contribution in [0.1, 0.15) is 46.1 Å². The molecule has 152 valence electrons. The maximum atomic E-state index is 11.7. The van der Waals surface area contributed by atoms with E-state index in [1.54, 1.807) is 32.3 Å². The van der Waals surface area contributed by atoms with Gasteiger partial charge in [0.25, 0.3) is 0 Å². The lowest BCUT2D eigenvalue weighted by atomic mass is 9.88. The molecule has 0 aliphatic rings. The Morgan fingerprint density at radius 2 is 2.04 bits per heavy atom. The van der Waals surface area contributed by atoms with E-state index in [0.717, 1.165) is 10.9 Å². The van der Waals surface area contributed by atoms with E-state index in [-0.39, 0.29) is 17.6 Å². The number of fused-ring (bicyclic) bond motifs is 1. The van der Waals surface area contributed by atoms with Gasteiger partial charge in [-0.05, 0) is 49.2 Å². The van der Waals surface area contributed by atoms with Crippen LogP contribution in [0.3, 0.4) is 0 Å². The van der Waals surface area contributed by atoms with Gasteiger partial charge >= 0.3 is 0 Å².